The van der Waals surface area contributed by atoms with E-state index in [1.165, 1.54) is 0 Å². The number of rotatable bonds is 2. The van der Waals surface area contributed by atoms with Crippen molar-refractivity contribution in [2.45, 2.75) is 6.54 Å². The van der Waals surface area contributed by atoms with Gasteiger partial charge in [0.25, 0.3) is 0 Å². The maximum absolute atomic E-state index is 8.36. The van der Waals surface area contributed by atoms with Crippen LogP contribution in [0.25, 0.3) is 0 Å². The molecule has 0 heterocycles. The summed E-state index contributed by atoms with van der Waals surface area (Å²) in [6.07, 6.45) is 0. The average Bonchev–Trinajstić information content (AvgIpc) is 1.98. The minimum atomic E-state index is 0.376. The number of hydrogen-bond donors (Lipinski definition) is 3. The minimum Gasteiger partial charge on any atom is -0.398 e. The second kappa shape index (κ2) is 3.57. The van der Waals surface area contributed by atoms with Crippen molar-refractivity contribution in [1.29, 1.82) is 0 Å². The molecule has 0 radical (unpaired) electrons. The zero-order valence-electron chi connectivity index (χ0n) is 5.84. The number of nitrogens with two attached hydrogens (primary N) is 1. The average molecular weight is 173 g/mol. The molecular formula is C7H9ClN2O. The molecule has 4 N–H and O–H groups in total. The fourth-order valence-corrected chi connectivity index (χ4v) is 0.912. The fourth-order valence-electron chi connectivity index (χ4n) is 0.794. The molecule has 0 amide bonds. The van der Waals surface area contributed by atoms with Gasteiger partial charge < -0.3 is 10.9 Å². The molecule has 0 unspecified atom stereocenters. The Labute approximate surface area is 69.7 Å². The molecule has 60 valence electrons. The fraction of sp³-hybridized carbons (Fsp3) is 0.143. The topological polar surface area (TPSA) is 58.3 Å². The molecule has 0 fully saturated rings. The number of nitrogen functional groups attached to an aromatic ring is 1. The van der Waals surface area contributed by atoms with E-state index in [0.717, 1.165) is 5.56 Å². The highest BCUT2D eigenvalue weighted by molar-refractivity contribution is 6.33. The highest BCUT2D eigenvalue weighted by atomic mass is 35.5. The third kappa shape index (κ3) is 2.08. The first-order valence-corrected chi connectivity index (χ1v) is 3.52. The normalized spacial score (nSPS) is 10.0. The van der Waals surface area contributed by atoms with Gasteiger partial charge in [0.2, 0.25) is 0 Å². The summed E-state index contributed by atoms with van der Waals surface area (Å²) in [5.74, 6) is 0. The second-order valence-corrected chi connectivity index (χ2v) is 2.60. The highest BCUT2D eigenvalue weighted by Crippen LogP contribution is 2.18. The van der Waals surface area contributed by atoms with Crippen LogP contribution in [0.3, 0.4) is 0 Å². The molecule has 0 saturated carbocycles. The van der Waals surface area contributed by atoms with Gasteiger partial charge in [-0.05, 0) is 17.7 Å². The lowest BCUT2D eigenvalue weighted by molar-refractivity contribution is 0.161. The maximum Gasteiger partial charge on any atom is 0.0635 e. The Kier molecular flexibility index (Phi) is 2.70. The van der Waals surface area contributed by atoms with Gasteiger partial charge in [0.15, 0.2) is 0 Å². The smallest absolute Gasteiger partial charge is 0.0635 e. The Bertz CT molecular complexity index is 252. The van der Waals surface area contributed by atoms with Crippen molar-refractivity contribution < 1.29 is 5.21 Å². The lowest BCUT2D eigenvalue weighted by Gasteiger charge is -2.01. The van der Waals surface area contributed by atoms with Crippen LogP contribution in [-0.2, 0) is 6.54 Å². The molecular weight excluding hydrogens is 164 g/mol. The molecule has 0 aliphatic heterocycles. The summed E-state index contributed by atoms with van der Waals surface area (Å²) in [7, 11) is 0. The van der Waals surface area contributed by atoms with Crippen LogP contribution in [0, 0.1) is 0 Å². The highest BCUT2D eigenvalue weighted by Gasteiger charge is 1.96. The number of halogens is 1. The van der Waals surface area contributed by atoms with E-state index in [2.05, 4.69) is 0 Å². The number of hydroxylamine groups is 1. The summed E-state index contributed by atoms with van der Waals surface area (Å²) in [6.45, 7) is 0.376. The monoisotopic (exact) mass is 172 g/mol. The van der Waals surface area contributed by atoms with Gasteiger partial charge >= 0.3 is 0 Å². The van der Waals surface area contributed by atoms with Crippen molar-refractivity contribution in [3.05, 3.63) is 28.8 Å². The molecule has 0 saturated heterocycles. The van der Waals surface area contributed by atoms with Gasteiger partial charge in [-0.1, -0.05) is 17.7 Å². The summed E-state index contributed by atoms with van der Waals surface area (Å²) >= 11 is 5.67. The first-order valence-electron chi connectivity index (χ1n) is 3.15. The van der Waals surface area contributed by atoms with Gasteiger partial charge in [0.1, 0.15) is 0 Å². The van der Waals surface area contributed by atoms with E-state index in [9.17, 15) is 0 Å². The van der Waals surface area contributed by atoms with E-state index in [1.54, 1.807) is 18.2 Å². The summed E-state index contributed by atoms with van der Waals surface area (Å²) in [5.41, 5.74) is 8.97. The molecule has 0 spiro atoms. The summed E-state index contributed by atoms with van der Waals surface area (Å²) < 4.78 is 0. The van der Waals surface area contributed by atoms with Crippen molar-refractivity contribution >= 4 is 17.3 Å². The number of hydrogen-bond acceptors (Lipinski definition) is 3. The molecule has 0 aliphatic carbocycles. The van der Waals surface area contributed by atoms with E-state index in [0.29, 0.717) is 17.3 Å². The Morgan fingerprint density at radius 1 is 1.55 bits per heavy atom. The van der Waals surface area contributed by atoms with Crippen molar-refractivity contribution in [3.8, 4) is 0 Å². The van der Waals surface area contributed by atoms with Crippen molar-refractivity contribution in [3.63, 3.8) is 0 Å². The quantitative estimate of drug-likeness (QED) is 0.467. The van der Waals surface area contributed by atoms with Gasteiger partial charge in [0, 0.05) is 6.54 Å². The van der Waals surface area contributed by atoms with E-state index < -0.39 is 0 Å². The van der Waals surface area contributed by atoms with Crippen LogP contribution in [0.2, 0.25) is 5.02 Å². The third-order valence-electron chi connectivity index (χ3n) is 1.34. The molecule has 0 aliphatic rings. The molecule has 0 atom stereocenters. The van der Waals surface area contributed by atoms with Crippen LogP contribution in [0.15, 0.2) is 18.2 Å². The third-order valence-corrected chi connectivity index (χ3v) is 1.69. The molecule has 1 rings (SSSR count). The van der Waals surface area contributed by atoms with Gasteiger partial charge in [-0.3, -0.25) is 0 Å². The SMILES string of the molecule is Nc1cc(CNO)ccc1Cl. The Morgan fingerprint density at radius 3 is 2.82 bits per heavy atom. The predicted octanol–water partition coefficient (Wildman–Crippen LogP) is 1.40. The van der Waals surface area contributed by atoms with Crippen LogP contribution in [0.5, 0.6) is 0 Å². The Morgan fingerprint density at radius 2 is 2.27 bits per heavy atom. The van der Waals surface area contributed by atoms with Crippen LogP contribution in [0.4, 0.5) is 5.69 Å². The Balaban J connectivity index is 2.86. The van der Waals surface area contributed by atoms with Gasteiger partial charge in [-0.15, -0.1) is 0 Å². The van der Waals surface area contributed by atoms with Gasteiger partial charge in [-0.25, -0.2) is 5.48 Å². The van der Waals surface area contributed by atoms with E-state index in [1.807, 2.05) is 5.48 Å². The van der Waals surface area contributed by atoms with Crippen molar-refractivity contribution in [2.75, 3.05) is 5.73 Å². The molecule has 0 aromatic heterocycles. The number of benzene rings is 1. The van der Waals surface area contributed by atoms with Gasteiger partial charge in [0.05, 0.1) is 10.7 Å². The summed E-state index contributed by atoms with van der Waals surface area (Å²) in [5, 5.41) is 8.89. The van der Waals surface area contributed by atoms with Crippen molar-refractivity contribution in [2.24, 2.45) is 0 Å². The van der Waals surface area contributed by atoms with Crippen LogP contribution >= 0.6 is 11.6 Å². The predicted molar refractivity (Wildman–Crippen MR) is 44.5 cm³/mol. The Hall–Kier alpha value is -0.770. The van der Waals surface area contributed by atoms with Crippen LogP contribution in [0.1, 0.15) is 5.56 Å². The first kappa shape index (κ1) is 8.33. The van der Waals surface area contributed by atoms with Gasteiger partial charge in [-0.2, -0.15) is 0 Å². The first-order chi connectivity index (χ1) is 5.24. The van der Waals surface area contributed by atoms with Crippen LogP contribution in [-0.4, -0.2) is 5.21 Å². The summed E-state index contributed by atoms with van der Waals surface area (Å²) in [4.78, 5) is 0. The lowest BCUT2D eigenvalue weighted by Crippen LogP contribution is -2.06. The molecule has 4 heteroatoms. The van der Waals surface area contributed by atoms with E-state index in [-0.39, 0.29) is 0 Å². The van der Waals surface area contributed by atoms with Crippen molar-refractivity contribution in [1.82, 2.24) is 5.48 Å². The standard InChI is InChI=1S/C7H9ClN2O/c8-6-2-1-5(4-10-11)3-7(6)9/h1-3,10-11H,4,9H2. The molecule has 1 aromatic carbocycles. The lowest BCUT2D eigenvalue weighted by atomic mass is 10.2. The summed E-state index contributed by atoms with van der Waals surface area (Å²) in [6, 6.07) is 5.21. The maximum atomic E-state index is 8.36. The second-order valence-electron chi connectivity index (χ2n) is 2.19. The molecule has 3 nitrogen and oxygen atoms in total. The minimum absolute atomic E-state index is 0.376. The zero-order valence-corrected chi connectivity index (χ0v) is 6.60. The zero-order chi connectivity index (χ0) is 8.27. The number of anilines is 1. The number of nitrogens with one attached hydrogen (secondary N) is 1. The molecule has 1 aromatic rings. The molecule has 0 bridgehead atoms. The van der Waals surface area contributed by atoms with E-state index >= 15 is 0 Å². The largest absolute Gasteiger partial charge is 0.398 e. The van der Waals surface area contributed by atoms with Crippen LogP contribution < -0.4 is 11.2 Å². The van der Waals surface area contributed by atoms with E-state index in [4.69, 9.17) is 22.5 Å². The molecule has 11 heavy (non-hydrogen) atoms.